The first-order valence-electron chi connectivity index (χ1n) is 11.2. The highest BCUT2D eigenvalue weighted by molar-refractivity contribution is 5.98. The van der Waals surface area contributed by atoms with Crippen LogP contribution in [0.2, 0.25) is 0 Å². The van der Waals surface area contributed by atoms with Gasteiger partial charge >= 0.3 is 0 Å². The van der Waals surface area contributed by atoms with E-state index in [2.05, 4.69) is 57.5 Å². The van der Waals surface area contributed by atoms with Crippen LogP contribution in [0.25, 0.3) is 22.0 Å². The summed E-state index contributed by atoms with van der Waals surface area (Å²) in [6.07, 6.45) is 9.75. The Kier molecular flexibility index (Phi) is 5.58. The molecule has 1 aliphatic rings. The van der Waals surface area contributed by atoms with Gasteiger partial charge < -0.3 is 15.8 Å². The molecule has 1 fully saturated rings. The average Bonchev–Trinajstić information content (AvgIpc) is 2.82. The van der Waals surface area contributed by atoms with Crippen molar-refractivity contribution in [2.75, 3.05) is 11.1 Å². The predicted molar refractivity (Wildman–Crippen MR) is 129 cm³/mol. The molecule has 0 unspecified atom stereocenters. The average molecular weight is 426 g/mol. The van der Waals surface area contributed by atoms with Crippen molar-refractivity contribution in [1.29, 1.82) is 0 Å². The molecule has 0 saturated heterocycles. The van der Waals surface area contributed by atoms with Gasteiger partial charge in [-0.05, 0) is 49.6 Å². The van der Waals surface area contributed by atoms with Crippen molar-refractivity contribution in [1.82, 2.24) is 15.0 Å². The quantitative estimate of drug-likeness (QED) is 0.401. The molecule has 2 aromatic heterocycles. The van der Waals surface area contributed by atoms with Crippen LogP contribution in [0, 0.1) is 6.92 Å². The van der Waals surface area contributed by atoms with Crippen molar-refractivity contribution in [2.45, 2.75) is 45.1 Å². The van der Waals surface area contributed by atoms with E-state index in [1.54, 1.807) is 12.4 Å². The fraction of sp³-hybridized carbons (Fsp3) is 0.269. The normalized spacial score (nSPS) is 14.4. The molecule has 0 bridgehead atoms. The molecule has 5 rings (SSSR count). The van der Waals surface area contributed by atoms with Gasteiger partial charge in [0.2, 0.25) is 11.8 Å². The lowest BCUT2D eigenvalue weighted by Crippen LogP contribution is -2.22. The first kappa shape index (κ1) is 20.2. The summed E-state index contributed by atoms with van der Waals surface area (Å²) in [5.41, 5.74) is 9.46. The SMILES string of the molecule is Cc1ccc2c(NC3CCCCC3)cccc2c1Oc1ncccc1-c1ccnc(N)n1. The van der Waals surface area contributed by atoms with E-state index in [9.17, 15) is 0 Å². The zero-order valence-electron chi connectivity index (χ0n) is 18.2. The number of ether oxygens (including phenoxy) is 1. The monoisotopic (exact) mass is 425 g/mol. The van der Waals surface area contributed by atoms with Gasteiger partial charge in [-0.2, -0.15) is 0 Å². The van der Waals surface area contributed by atoms with Crippen LogP contribution in [0.15, 0.2) is 60.9 Å². The number of aryl methyl sites for hydroxylation is 1. The van der Waals surface area contributed by atoms with Gasteiger partial charge in [0.15, 0.2) is 0 Å². The Morgan fingerprint density at radius 1 is 0.906 bits per heavy atom. The van der Waals surface area contributed by atoms with Crippen LogP contribution >= 0.6 is 0 Å². The van der Waals surface area contributed by atoms with Crippen LogP contribution in [-0.2, 0) is 0 Å². The number of fused-ring (bicyclic) bond motifs is 1. The Labute approximate surface area is 187 Å². The fourth-order valence-corrected chi connectivity index (χ4v) is 4.45. The molecule has 0 aliphatic heterocycles. The fourth-order valence-electron chi connectivity index (χ4n) is 4.45. The molecule has 6 heteroatoms. The molecular formula is C26H27N5O. The van der Waals surface area contributed by atoms with E-state index in [-0.39, 0.29) is 5.95 Å². The Morgan fingerprint density at radius 3 is 2.62 bits per heavy atom. The van der Waals surface area contributed by atoms with E-state index >= 15 is 0 Å². The van der Waals surface area contributed by atoms with E-state index < -0.39 is 0 Å². The van der Waals surface area contributed by atoms with E-state index in [0.717, 1.165) is 33.3 Å². The maximum absolute atomic E-state index is 6.45. The molecule has 2 aromatic carbocycles. The number of anilines is 2. The van der Waals surface area contributed by atoms with Crippen molar-refractivity contribution >= 4 is 22.4 Å². The number of nitrogen functional groups attached to an aromatic ring is 1. The van der Waals surface area contributed by atoms with Gasteiger partial charge in [-0.25, -0.2) is 15.0 Å². The van der Waals surface area contributed by atoms with Crippen molar-refractivity contribution in [3.05, 3.63) is 66.5 Å². The maximum atomic E-state index is 6.45. The maximum Gasteiger partial charge on any atom is 0.228 e. The lowest BCUT2D eigenvalue weighted by atomic mass is 9.95. The van der Waals surface area contributed by atoms with Gasteiger partial charge in [-0.1, -0.05) is 43.5 Å². The van der Waals surface area contributed by atoms with Crippen molar-refractivity contribution in [2.24, 2.45) is 0 Å². The van der Waals surface area contributed by atoms with Crippen LogP contribution in [0.1, 0.15) is 37.7 Å². The number of hydrogen-bond acceptors (Lipinski definition) is 6. The van der Waals surface area contributed by atoms with Crippen LogP contribution in [-0.4, -0.2) is 21.0 Å². The minimum Gasteiger partial charge on any atom is -0.437 e. The molecule has 0 amide bonds. The lowest BCUT2D eigenvalue weighted by Gasteiger charge is -2.25. The van der Waals surface area contributed by atoms with Crippen LogP contribution in [0.4, 0.5) is 11.6 Å². The number of rotatable bonds is 5. The molecule has 0 spiro atoms. The first-order valence-corrected chi connectivity index (χ1v) is 11.2. The molecule has 162 valence electrons. The molecule has 2 heterocycles. The highest BCUT2D eigenvalue weighted by Crippen LogP contribution is 2.39. The minimum atomic E-state index is 0.220. The van der Waals surface area contributed by atoms with Gasteiger partial charge in [0.1, 0.15) is 5.75 Å². The lowest BCUT2D eigenvalue weighted by molar-refractivity contribution is 0.462. The summed E-state index contributed by atoms with van der Waals surface area (Å²) in [4.78, 5) is 12.8. The summed E-state index contributed by atoms with van der Waals surface area (Å²) in [5.74, 6) is 1.51. The number of nitrogens with two attached hydrogens (primary N) is 1. The molecule has 1 aliphatic carbocycles. The molecule has 0 atom stereocenters. The number of aromatic nitrogens is 3. The molecule has 1 saturated carbocycles. The number of benzene rings is 2. The van der Waals surface area contributed by atoms with Gasteiger partial charge in [-0.15, -0.1) is 0 Å². The van der Waals surface area contributed by atoms with Gasteiger partial charge in [0.05, 0.1) is 11.3 Å². The standard InChI is InChI=1S/C26H27N5O/c1-17-12-13-19-20(9-5-11-22(19)30-18-7-3-2-4-8-18)24(17)32-25-21(10-6-15-28-25)23-14-16-29-26(27)31-23/h5-6,9-16,18,30H,2-4,7-8H2,1H3,(H2,27,29,31). The molecule has 4 aromatic rings. The van der Waals surface area contributed by atoms with Crippen molar-refractivity contribution in [3.8, 4) is 22.9 Å². The van der Waals surface area contributed by atoms with Gasteiger partial charge in [-0.3, -0.25) is 0 Å². The summed E-state index contributed by atoms with van der Waals surface area (Å²) in [6, 6.07) is 16.8. The molecule has 6 nitrogen and oxygen atoms in total. The second kappa shape index (κ2) is 8.83. The Balaban J connectivity index is 1.54. The van der Waals surface area contributed by atoms with Gasteiger partial charge in [0.25, 0.3) is 0 Å². The summed E-state index contributed by atoms with van der Waals surface area (Å²) in [6.45, 7) is 2.06. The Morgan fingerprint density at radius 2 is 1.78 bits per heavy atom. The van der Waals surface area contributed by atoms with Crippen molar-refractivity contribution < 1.29 is 4.74 Å². The summed E-state index contributed by atoms with van der Waals surface area (Å²) >= 11 is 0. The molecular weight excluding hydrogens is 398 g/mol. The molecule has 3 N–H and O–H groups in total. The number of nitrogens with one attached hydrogen (secondary N) is 1. The molecule has 0 radical (unpaired) electrons. The summed E-state index contributed by atoms with van der Waals surface area (Å²) in [7, 11) is 0. The van der Waals surface area contributed by atoms with E-state index in [1.807, 2.05) is 18.2 Å². The zero-order chi connectivity index (χ0) is 21.9. The Bertz CT molecular complexity index is 1250. The van der Waals surface area contributed by atoms with E-state index in [4.69, 9.17) is 10.5 Å². The number of pyridine rings is 1. The van der Waals surface area contributed by atoms with E-state index in [1.165, 1.54) is 32.1 Å². The summed E-state index contributed by atoms with van der Waals surface area (Å²) < 4.78 is 6.45. The minimum absolute atomic E-state index is 0.220. The topological polar surface area (TPSA) is 86.0 Å². The highest BCUT2D eigenvalue weighted by atomic mass is 16.5. The second-order valence-corrected chi connectivity index (χ2v) is 8.35. The van der Waals surface area contributed by atoms with Crippen LogP contribution in [0.3, 0.4) is 0 Å². The van der Waals surface area contributed by atoms with Crippen LogP contribution < -0.4 is 15.8 Å². The van der Waals surface area contributed by atoms with E-state index in [0.29, 0.717) is 17.6 Å². The number of hydrogen-bond donors (Lipinski definition) is 2. The third kappa shape index (κ3) is 4.08. The molecule has 32 heavy (non-hydrogen) atoms. The third-order valence-electron chi connectivity index (χ3n) is 6.09. The highest BCUT2D eigenvalue weighted by Gasteiger charge is 2.17. The summed E-state index contributed by atoms with van der Waals surface area (Å²) in [5, 5.41) is 5.99. The first-order chi connectivity index (χ1) is 15.7. The second-order valence-electron chi connectivity index (χ2n) is 8.35. The third-order valence-corrected chi connectivity index (χ3v) is 6.09. The largest absolute Gasteiger partial charge is 0.437 e. The van der Waals surface area contributed by atoms with Gasteiger partial charge in [0, 0.05) is 34.9 Å². The van der Waals surface area contributed by atoms with Crippen LogP contribution in [0.5, 0.6) is 11.6 Å². The number of nitrogens with zero attached hydrogens (tertiary/aromatic N) is 3. The van der Waals surface area contributed by atoms with Crippen molar-refractivity contribution in [3.63, 3.8) is 0 Å². The predicted octanol–water partition coefficient (Wildman–Crippen LogP) is 6.12. The Hall–Kier alpha value is -3.67. The smallest absolute Gasteiger partial charge is 0.228 e. The zero-order valence-corrected chi connectivity index (χ0v) is 18.2.